The summed E-state index contributed by atoms with van der Waals surface area (Å²) in [6, 6.07) is 5.80. The molecular weight excluding hydrogens is 522 g/mol. The lowest BCUT2D eigenvalue weighted by atomic mass is 9.81. The van der Waals surface area contributed by atoms with E-state index < -0.39 is 0 Å². The molecule has 4 heterocycles. The molecule has 3 atom stereocenters. The maximum atomic E-state index is 13.9. The summed E-state index contributed by atoms with van der Waals surface area (Å²) in [7, 11) is 0. The number of hydrogen-bond acceptors (Lipinski definition) is 6. The summed E-state index contributed by atoms with van der Waals surface area (Å²) >= 11 is 2.13. The van der Waals surface area contributed by atoms with Gasteiger partial charge >= 0.3 is 0 Å². The van der Waals surface area contributed by atoms with Gasteiger partial charge in [-0.1, -0.05) is 51.4 Å². The van der Waals surface area contributed by atoms with E-state index in [9.17, 15) is 4.79 Å². The van der Waals surface area contributed by atoms with Crippen LogP contribution in [-0.2, 0) is 4.79 Å². The third-order valence-electron chi connectivity index (χ3n) is 10.2. The van der Waals surface area contributed by atoms with Crippen molar-refractivity contribution in [1.29, 1.82) is 0 Å². The molecule has 1 aromatic rings. The van der Waals surface area contributed by atoms with Crippen molar-refractivity contribution in [2.24, 2.45) is 11.8 Å². The number of carbonyl (C=O) groups is 1. The van der Waals surface area contributed by atoms with Crippen LogP contribution in [0, 0.1) is 11.8 Å². The van der Waals surface area contributed by atoms with Gasteiger partial charge < -0.3 is 19.1 Å². The number of thioether (sulfide) groups is 1. The number of nitrogens with zero attached hydrogens (tertiary/aromatic N) is 2. The van der Waals surface area contributed by atoms with Gasteiger partial charge in [0.1, 0.15) is 18.3 Å². The zero-order valence-electron chi connectivity index (χ0n) is 24.3. The molecule has 40 heavy (non-hydrogen) atoms. The van der Waals surface area contributed by atoms with Crippen molar-refractivity contribution in [3.8, 4) is 17.2 Å². The molecule has 1 aromatic carbocycles. The van der Waals surface area contributed by atoms with E-state index in [0.717, 1.165) is 41.8 Å². The van der Waals surface area contributed by atoms with Crippen LogP contribution in [0.5, 0.6) is 17.2 Å². The van der Waals surface area contributed by atoms with E-state index in [1.165, 1.54) is 102 Å². The fraction of sp³-hybridized carbons (Fsp3) is 0.781. The average Bonchev–Trinajstić information content (AvgIpc) is 3.68. The fourth-order valence-electron chi connectivity index (χ4n) is 7.87. The van der Waals surface area contributed by atoms with E-state index >= 15 is 0 Å². The van der Waals surface area contributed by atoms with Gasteiger partial charge in [-0.05, 0) is 61.8 Å². The Hall–Kier alpha value is -1.64. The summed E-state index contributed by atoms with van der Waals surface area (Å²) in [5, 5.41) is 0.534. The van der Waals surface area contributed by atoms with Gasteiger partial charge in [0.15, 0.2) is 18.1 Å². The van der Waals surface area contributed by atoms with E-state index in [1.807, 2.05) is 18.2 Å². The number of rotatable bonds is 7. The van der Waals surface area contributed by atoms with Crippen LogP contribution in [0.4, 0.5) is 0 Å². The molecule has 0 bridgehead atoms. The number of quaternary nitrogens is 1. The highest BCUT2D eigenvalue weighted by Gasteiger charge is 2.43. The van der Waals surface area contributed by atoms with Crippen molar-refractivity contribution < 1.29 is 23.6 Å². The third-order valence-corrected chi connectivity index (χ3v) is 11.6. The number of ether oxygens (including phenoxy) is 3. The second kappa shape index (κ2) is 13.6. The summed E-state index contributed by atoms with van der Waals surface area (Å²) in [4.78, 5) is 16.1. The number of nitrogens with one attached hydrogen (secondary N) is 1. The molecule has 7 nitrogen and oxygen atoms in total. The second-order valence-electron chi connectivity index (χ2n) is 13.0. The first kappa shape index (κ1) is 28.5. The van der Waals surface area contributed by atoms with Crippen molar-refractivity contribution >= 4 is 17.7 Å². The van der Waals surface area contributed by atoms with Gasteiger partial charge in [-0.15, -0.1) is 0 Å². The molecule has 3 unspecified atom stereocenters. The molecule has 1 aliphatic carbocycles. The summed E-state index contributed by atoms with van der Waals surface area (Å²) in [5.41, 5.74) is 3.89. The Morgan fingerprint density at radius 2 is 1.68 bits per heavy atom. The lowest BCUT2D eigenvalue weighted by Gasteiger charge is -2.36. The van der Waals surface area contributed by atoms with Crippen molar-refractivity contribution in [2.45, 2.75) is 94.8 Å². The minimum absolute atomic E-state index is 0.0690. The second-order valence-corrected chi connectivity index (χ2v) is 14.3. The maximum Gasteiger partial charge on any atom is 0.261 e. The molecule has 5 aliphatic rings. The normalized spacial score (nSPS) is 28.9. The third kappa shape index (κ3) is 7.04. The molecule has 0 radical (unpaired) electrons. The fourth-order valence-corrected chi connectivity index (χ4v) is 9.45. The van der Waals surface area contributed by atoms with Crippen LogP contribution in [0.15, 0.2) is 18.2 Å². The number of carbonyl (C=O) groups excluding carboxylic acids is 1. The lowest BCUT2D eigenvalue weighted by molar-refractivity contribution is -0.958. The molecule has 6 rings (SSSR count). The van der Waals surface area contributed by atoms with Crippen molar-refractivity contribution in [2.75, 3.05) is 51.9 Å². The molecule has 222 valence electrons. The van der Waals surface area contributed by atoms with Gasteiger partial charge in [0, 0.05) is 17.9 Å². The minimum atomic E-state index is 0.0690. The SMILES string of the molecule is O=C(COc1ccc2c(c1)OCO2)N(CC1CC(C2CCCCCCC2)CS1)C1CN[N+]2(CCCCCCC2)C1. The molecule has 8 heteroatoms. The van der Waals surface area contributed by atoms with Crippen molar-refractivity contribution in [1.82, 2.24) is 10.3 Å². The first-order valence-electron chi connectivity index (χ1n) is 16.2. The van der Waals surface area contributed by atoms with E-state index in [0.29, 0.717) is 16.7 Å². The molecule has 1 amide bonds. The van der Waals surface area contributed by atoms with Gasteiger partial charge in [0.25, 0.3) is 5.91 Å². The van der Waals surface area contributed by atoms with E-state index in [1.54, 1.807) is 0 Å². The van der Waals surface area contributed by atoms with E-state index in [4.69, 9.17) is 14.2 Å². The first-order valence-corrected chi connectivity index (χ1v) is 17.3. The number of amides is 1. The summed E-state index contributed by atoms with van der Waals surface area (Å²) in [6.45, 7) is 5.45. The lowest BCUT2D eigenvalue weighted by Crippen LogP contribution is -2.56. The Labute approximate surface area is 245 Å². The molecule has 1 N–H and O–H groups in total. The van der Waals surface area contributed by atoms with Crippen molar-refractivity contribution in [3.05, 3.63) is 18.2 Å². The summed E-state index contributed by atoms with van der Waals surface area (Å²) in [5.74, 6) is 5.18. The maximum absolute atomic E-state index is 13.9. The van der Waals surface area contributed by atoms with Crippen LogP contribution in [-0.4, -0.2) is 78.6 Å². The standard InChI is InChI=1S/C32H50N3O4S/c36-32(22-37-28-13-14-30-31(18-28)39-24-38-30)34(27-19-33-35(21-27)15-9-5-2-6-10-16-35)20-29-17-26(23-40-29)25-11-7-3-1-4-8-12-25/h13-14,18,25-27,29,33H,1-12,15-17,19-24H2/q+1. The Bertz CT molecular complexity index is 977. The van der Waals surface area contributed by atoms with Gasteiger partial charge in [0.2, 0.25) is 6.79 Å². The van der Waals surface area contributed by atoms with Crippen LogP contribution in [0.3, 0.4) is 0 Å². The number of hydrogen-bond donors (Lipinski definition) is 1. The topological polar surface area (TPSA) is 60.0 Å². The molecule has 4 fully saturated rings. The Balaban J connectivity index is 1.11. The van der Waals surface area contributed by atoms with Crippen LogP contribution in [0.2, 0.25) is 0 Å². The van der Waals surface area contributed by atoms with Gasteiger partial charge in [-0.2, -0.15) is 17.2 Å². The highest BCUT2D eigenvalue weighted by Crippen LogP contribution is 2.41. The highest BCUT2D eigenvalue weighted by molar-refractivity contribution is 8.00. The van der Waals surface area contributed by atoms with E-state index in [-0.39, 0.29) is 25.3 Å². The molecule has 4 aliphatic heterocycles. The van der Waals surface area contributed by atoms with Gasteiger partial charge in [-0.25, -0.2) is 4.59 Å². The largest absolute Gasteiger partial charge is 0.484 e. The molecule has 1 saturated carbocycles. The summed E-state index contributed by atoms with van der Waals surface area (Å²) in [6.07, 6.45) is 17.8. The molecule has 1 spiro atoms. The molecular formula is C32H50N3O4S+. The van der Waals surface area contributed by atoms with Crippen molar-refractivity contribution in [3.63, 3.8) is 0 Å². The predicted molar refractivity (Wildman–Crippen MR) is 160 cm³/mol. The number of benzene rings is 1. The van der Waals surface area contributed by atoms with Gasteiger partial charge in [0.05, 0.1) is 19.6 Å². The monoisotopic (exact) mass is 572 g/mol. The van der Waals surface area contributed by atoms with Crippen LogP contribution in [0.1, 0.15) is 83.5 Å². The Morgan fingerprint density at radius 3 is 2.48 bits per heavy atom. The first-order chi connectivity index (χ1) is 19.7. The highest BCUT2D eigenvalue weighted by atomic mass is 32.2. The molecule has 0 aromatic heterocycles. The van der Waals surface area contributed by atoms with Gasteiger partial charge in [-0.3, -0.25) is 4.79 Å². The van der Waals surface area contributed by atoms with E-state index in [2.05, 4.69) is 22.1 Å². The molecule has 3 saturated heterocycles. The van der Waals surface area contributed by atoms with Crippen LogP contribution >= 0.6 is 11.8 Å². The zero-order chi connectivity index (χ0) is 27.2. The predicted octanol–water partition coefficient (Wildman–Crippen LogP) is 5.77. The number of fused-ring (bicyclic) bond motifs is 1. The van der Waals surface area contributed by atoms with Crippen LogP contribution in [0.25, 0.3) is 0 Å². The zero-order valence-corrected chi connectivity index (χ0v) is 25.1. The minimum Gasteiger partial charge on any atom is -0.484 e. The summed E-state index contributed by atoms with van der Waals surface area (Å²) < 4.78 is 18.0. The smallest absolute Gasteiger partial charge is 0.261 e. The Kier molecular flexibility index (Phi) is 9.65. The average molecular weight is 573 g/mol. The quantitative estimate of drug-likeness (QED) is 0.419. The Morgan fingerprint density at radius 1 is 0.950 bits per heavy atom. The van der Waals surface area contributed by atoms with Crippen LogP contribution < -0.4 is 19.6 Å².